The minimum atomic E-state index is -4.22. The number of hydrogen-bond acceptors (Lipinski definition) is 3. The van der Waals surface area contributed by atoms with E-state index in [-0.39, 0.29) is 0 Å². The standard InChI is InChI=1S/C8H11F3N2S/c1-3-6-4-14-7(13-6)12-5(2)8(9,10)11/h4-5H,3H2,1-2H3,(H,12,13). The maximum Gasteiger partial charge on any atom is 0.408 e. The molecule has 1 heterocycles. The fourth-order valence-corrected chi connectivity index (χ4v) is 1.68. The number of nitrogens with zero attached hydrogens (tertiary/aromatic N) is 1. The van der Waals surface area contributed by atoms with Crippen molar-refractivity contribution in [3.8, 4) is 0 Å². The molecular formula is C8H11F3N2S. The first-order valence-electron chi connectivity index (χ1n) is 4.21. The smallest absolute Gasteiger partial charge is 0.350 e. The third-order valence-corrected chi connectivity index (χ3v) is 2.57. The van der Waals surface area contributed by atoms with Gasteiger partial charge < -0.3 is 5.32 Å². The van der Waals surface area contributed by atoms with Crippen molar-refractivity contribution < 1.29 is 13.2 Å². The Morgan fingerprint density at radius 2 is 2.21 bits per heavy atom. The van der Waals surface area contributed by atoms with Crippen LogP contribution in [0.25, 0.3) is 0 Å². The first kappa shape index (κ1) is 11.3. The summed E-state index contributed by atoms with van der Waals surface area (Å²) in [5, 5.41) is 4.40. The molecule has 0 aromatic carbocycles. The van der Waals surface area contributed by atoms with Crippen molar-refractivity contribution in [2.24, 2.45) is 0 Å². The van der Waals surface area contributed by atoms with Crippen molar-refractivity contribution in [3.63, 3.8) is 0 Å². The van der Waals surface area contributed by atoms with E-state index < -0.39 is 12.2 Å². The molecular weight excluding hydrogens is 213 g/mol. The zero-order valence-corrected chi connectivity index (χ0v) is 8.67. The van der Waals surface area contributed by atoms with Crippen molar-refractivity contribution in [2.75, 3.05) is 5.32 Å². The third-order valence-electron chi connectivity index (χ3n) is 1.74. The highest BCUT2D eigenvalue weighted by atomic mass is 32.1. The zero-order valence-electron chi connectivity index (χ0n) is 7.85. The fraction of sp³-hybridized carbons (Fsp3) is 0.625. The topological polar surface area (TPSA) is 24.9 Å². The Hall–Kier alpha value is -0.780. The van der Waals surface area contributed by atoms with Crippen molar-refractivity contribution >= 4 is 16.5 Å². The Kier molecular flexibility index (Phi) is 3.36. The number of aromatic nitrogens is 1. The van der Waals surface area contributed by atoms with Gasteiger partial charge in [-0.2, -0.15) is 13.2 Å². The van der Waals surface area contributed by atoms with Gasteiger partial charge >= 0.3 is 6.18 Å². The number of anilines is 1. The number of alkyl halides is 3. The molecule has 0 radical (unpaired) electrons. The zero-order chi connectivity index (χ0) is 10.8. The minimum Gasteiger partial charge on any atom is -0.350 e. The number of nitrogens with one attached hydrogen (secondary N) is 1. The second-order valence-electron chi connectivity index (χ2n) is 2.91. The van der Waals surface area contributed by atoms with Crippen LogP contribution in [-0.4, -0.2) is 17.2 Å². The molecule has 1 N–H and O–H groups in total. The van der Waals surface area contributed by atoms with E-state index in [9.17, 15) is 13.2 Å². The van der Waals surface area contributed by atoms with Crippen LogP contribution < -0.4 is 5.32 Å². The normalized spacial score (nSPS) is 14.1. The average molecular weight is 224 g/mol. The molecule has 1 aromatic rings. The molecule has 0 aliphatic heterocycles. The van der Waals surface area contributed by atoms with Crippen LogP contribution in [0.3, 0.4) is 0 Å². The molecule has 0 saturated carbocycles. The number of halogens is 3. The van der Waals surface area contributed by atoms with Crippen molar-refractivity contribution in [2.45, 2.75) is 32.5 Å². The lowest BCUT2D eigenvalue weighted by molar-refractivity contribution is -0.138. The highest BCUT2D eigenvalue weighted by molar-refractivity contribution is 7.13. The van der Waals surface area contributed by atoms with Gasteiger partial charge in [-0.1, -0.05) is 6.92 Å². The van der Waals surface area contributed by atoms with E-state index in [1.807, 2.05) is 6.92 Å². The van der Waals surface area contributed by atoms with Crippen LogP contribution in [0, 0.1) is 0 Å². The molecule has 14 heavy (non-hydrogen) atoms. The minimum absolute atomic E-state index is 0.326. The first-order chi connectivity index (χ1) is 6.43. The summed E-state index contributed by atoms with van der Waals surface area (Å²) in [5.74, 6) is 0. The summed E-state index contributed by atoms with van der Waals surface area (Å²) >= 11 is 1.20. The van der Waals surface area contributed by atoms with Gasteiger partial charge in [0.2, 0.25) is 0 Å². The SMILES string of the molecule is CCc1csc(NC(C)C(F)(F)F)n1. The monoisotopic (exact) mass is 224 g/mol. The molecule has 0 bridgehead atoms. The van der Waals surface area contributed by atoms with Crippen molar-refractivity contribution in [1.82, 2.24) is 4.98 Å². The Bertz CT molecular complexity index is 295. The molecule has 6 heteroatoms. The van der Waals surface area contributed by atoms with E-state index >= 15 is 0 Å². The Morgan fingerprint density at radius 1 is 1.57 bits per heavy atom. The molecule has 0 spiro atoms. The quantitative estimate of drug-likeness (QED) is 0.853. The van der Waals surface area contributed by atoms with Crippen LogP contribution in [0.5, 0.6) is 0 Å². The second kappa shape index (κ2) is 4.16. The summed E-state index contributed by atoms with van der Waals surface area (Å²) in [6, 6.07) is -1.56. The number of hydrogen-bond donors (Lipinski definition) is 1. The van der Waals surface area contributed by atoms with Gasteiger partial charge in [-0.3, -0.25) is 0 Å². The molecule has 1 rings (SSSR count). The van der Waals surface area contributed by atoms with Crippen molar-refractivity contribution in [1.29, 1.82) is 0 Å². The van der Waals surface area contributed by atoms with E-state index in [1.54, 1.807) is 5.38 Å². The van der Waals surface area contributed by atoms with Crippen LogP contribution in [0.1, 0.15) is 19.5 Å². The lowest BCUT2D eigenvalue weighted by atomic mass is 10.3. The molecule has 0 amide bonds. The highest BCUT2D eigenvalue weighted by Crippen LogP contribution is 2.24. The van der Waals surface area contributed by atoms with Gasteiger partial charge in [-0.05, 0) is 13.3 Å². The number of rotatable bonds is 3. The van der Waals surface area contributed by atoms with E-state index in [2.05, 4.69) is 10.3 Å². The van der Waals surface area contributed by atoms with Crippen LogP contribution >= 0.6 is 11.3 Å². The van der Waals surface area contributed by atoms with Crippen LogP contribution in [0.2, 0.25) is 0 Å². The molecule has 1 aromatic heterocycles. The van der Waals surface area contributed by atoms with E-state index in [1.165, 1.54) is 11.3 Å². The first-order valence-corrected chi connectivity index (χ1v) is 5.09. The predicted molar refractivity (Wildman–Crippen MR) is 50.6 cm³/mol. The van der Waals surface area contributed by atoms with E-state index in [0.717, 1.165) is 19.0 Å². The van der Waals surface area contributed by atoms with Gasteiger partial charge in [0.05, 0.1) is 5.69 Å². The van der Waals surface area contributed by atoms with E-state index in [4.69, 9.17) is 0 Å². The molecule has 0 saturated heterocycles. The number of thiazole rings is 1. The van der Waals surface area contributed by atoms with Gasteiger partial charge in [0, 0.05) is 5.38 Å². The lowest BCUT2D eigenvalue weighted by Gasteiger charge is -2.15. The van der Waals surface area contributed by atoms with Gasteiger partial charge in [0.1, 0.15) is 6.04 Å². The molecule has 0 aliphatic rings. The van der Waals surface area contributed by atoms with Crippen LogP contribution in [-0.2, 0) is 6.42 Å². The summed E-state index contributed by atoms with van der Waals surface area (Å²) in [6.07, 6.45) is -3.49. The highest BCUT2D eigenvalue weighted by Gasteiger charge is 2.36. The molecule has 1 unspecified atom stereocenters. The largest absolute Gasteiger partial charge is 0.408 e. The fourth-order valence-electron chi connectivity index (χ4n) is 0.803. The average Bonchev–Trinajstić information content (AvgIpc) is 2.50. The third kappa shape index (κ3) is 2.87. The Balaban J connectivity index is 2.60. The van der Waals surface area contributed by atoms with Crippen molar-refractivity contribution in [3.05, 3.63) is 11.1 Å². The second-order valence-corrected chi connectivity index (χ2v) is 3.76. The van der Waals surface area contributed by atoms with Gasteiger partial charge in [0.25, 0.3) is 0 Å². The van der Waals surface area contributed by atoms with Crippen LogP contribution in [0.15, 0.2) is 5.38 Å². The summed E-state index contributed by atoms with van der Waals surface area (Å²) in [7, 11) is 0. The summed E-state index contributed by atoms with van der Waals surface area (Å²) in [5.41, 5.74) is 0.812. The molecule has 0 fully saturated rings. The maximum atomic E-state index is 12.1. The lowest BCUT2D eigenvalue weighted by Crippen LogP contribution is -2.32. The summed E-state index contributed by atoms with van der Waals surface area (Å²) in [6.45, 7) is 2.99. The molecule has 80 valence electrons. The molecule has 2 nitrogen and oxygen atoms in total. The van der Waals surface area contributed by atoms with Crippen LogP contribution in [0.4, 0.5) is 18.3 Å². The van der Waals surface area contributed by atoms with E-state index in [0.29, 0.717) is 5.13 Å². The summed E-state index contributed by atoms with van der Waals surface area (Å²) in [4.78, 5) is 3.99. The van der Waals surface area contributed by atoms with Gasteiger partial charge in [0.15, 0.2) is 5.13 Å². The van der Waals surface area contributed by atoms with Gasteiger partial charge in [-0.25, -0.2) is 4.98 Å². The molecule has 0 aliphatic carbocycles. The summed E-state index contributed by atoms with van der Waals surface area (Å²) < 4.78 is 36.4. The Morgan fingerprint density at radius 3 is 2.64 bits per heavy atom. The Labute approximate surface area is 84.2 Å². The number of aryl methyl sites for hydroxylation is 1. The molecule has 1 atom stereocenters. The predicted octanol–water partition coefficient (Wildman–Crippen LogP) is 3.07. The maximum absolute atomic E-state index is 12.1. The van der Waals surface area contributed by atoms with Gasteiger partial charge in [-0.15, -0.1) is 11.3 Å².